The van der Waals surface area contributed by atoms with E-state index in [4.69, 9.17) is 9.84 Å². The zero-order valence-electron chi connectivity index (χ0n) is 19.8. The molecule has 7 nitrogen and oxygen atoms in total. The molecule has 0 unspecified atom stereocenters. The molecule has 0 aliphatic carbocycles. The van der Waals surface area contributed by atoms with Gasteiger partial charge in [-0.05, 0) is 67.8 Å². The van der Waals surface area contributed by atoms with Crippen molar-refractivity contribution in [2.45, 2.75) is 30.7 Å². The summed E-state index contributed by atoms with van der Waals surface area (Å²) in [5.41, 5.74) is 2.13. The standard InChI is InChI=1S/C26H23F3N4O3S/c1-16-13-17(7-10-30-16)21-15-33(19-8-11-36-12-9-19)31-26(21)20-3-2-4-23(25(20)29)32-37(34,35)24-14-18(27)5-6-22(24)28/h2-7,10,13-15,19,32H,8-9,11-12H2,1H3. The summed E-state index contributed by atoms with van der Waals surface area (Å²) in [5, 5.41) is 4.71. The number of aryl methyl sites for hydroxylation is 1. The number of pyridine rings is 1. The third-order valence-electron chi connectivity index (χ3n) is 6.19. The van der Waals surface area contributed by atoms with E-state index in [0.29, 0.717) is 36.6 Å². The van der Waals surface area contributed by atoms with Crippen molar-refractivity contribution in [2.24, 2.45) is 0 Å². The topological polar surface area (TPSA) is 86.1 Å². The number of nitrogens with one attached hydrogen (secondary N) is 1. The maximum atomic E-state index is 15.8. The minimum atomic E-state index is -4.62. The van der Waals surface area contributed by atoms with E-state index in [1.807, 2.05) is 23.9 Å². The molecule has 0 atom stereocenters. The molecule has 2 aromatic carbocycles. The van der Waals surface area contributed by atoms with Gasteiger partial charge in [-0.1, -0.05) is 6.07 Å². The first-order valence-electron chi connectivity index (χ1n) is 11.6. The van der Waals surface area contributed by atoms with Crippen LogP contribution in [0.4, 0.5) is 18.9 Å². The molecule has 1 N–H and O–H groups in total. The summed E-state index contributed by atoms with van der Waals surface area (Å²) in [6.07, 6.45) is 4.99. The van der Waals surface area contributed by atoms with Gasteiger partial charge < -0.3 is 4.74 Å². The maximum absolute atomic E-state index is 15.8. The first-order chi connectivity index (χ1) is 17.7. The third-order valence-corrected chi connectivity index (χ3v) is 7.57. The van der Waals surface area contributed by atoms with Gasteiger partial charge in [-0.25, -0.2) is 21.6 Å². The van der Waals surface area contributed by atoms with Crippen molar-refractivity contribution < 1.29 is 26.3 Å². The molecule has 2 aromatic heterocycles. The highest BCUT2D eigenvalue weighted by atomic mass is 32.2. The lowest BCUT2D eigenvalue weighted by atomic mass is 10.0. The molecule has 0 spiro atoms. The Kier molecular flexibility index (Phi) is 6.74. The Hall–Kier alpha value is -3.70. The molecular weight excluding hydrogens is 505 g/mol. The number of hydrogen-bond donors (Lipinski definition) is 1. The molecule has 4 aromatic rings. The van der Waals surface area contributed by atoms with Crippen molar-refractivity contribution in [1.82, 2.24) is 14.8 Å². The van der Waals surface area contributed by atoms with E-state index in [-0.39, 0.29) is 11.6 Å². The Bertz CT molecular complexity index is 1570. The normalized spacial score (nSPS) is 14.6. The van der Waals surface area contributed by atoms with E-state index in [1.54, 1.807) is 16.9 Å². The first kappa shape index (κ1) is 25.0. The van der Waals surface area contributed by atoms with Gasteiger partial charge in [-0.3, -0.25) is 14.4 Å². The van der Waals surface area contributed by atoms with Gasteiger partial charge in [-0.2, -0.15) is 5.10 Å². The first-order valence-corrected chi connectivity index (χ1v) is 13.1. The summed E-state index contributed by atoms with van der Waals surface area (Å²) < 4.78 is 78.5. The monoisotopic (exact) mass is 528 g/mol. The second-order valence-corrected chi connectivity index (χ2v) is 10.4. The fourth-order valence-corrected chi connectivity index (χ4v) is 5.48. The molecule has 192 valence electrons. The minimum Gasteiger partial charge on any atom is -0.381 e. The smallest absolute Gasteiger partial charge is 0.265 e. The number of benzene rings is 2. The Labute approximate surface area is 212 Å². The summed E-state index contributed by atoms with van der Waals surface area (Å²) in [7, 11) is -4.62. The van der Waals surface area contributed by atoms with E-state index in [0.717, 1.165) is 30.2 Å². The van der Waals surface area contributed by atoms with Crippen LogP contribution >= 0.6 is 0 Å². The van der Waals surface area contributed by atoms with Crippen molar-refractivity contribution in [3.63, 3.8) is 0 Å². The number of aromatic nitrogens is 3. The summed E-state index contributed by atoms with van der Waals surface area (Å²) in [6.45, 7) is 3.02. The number of halogens is 3. The third kappa shape index (κ3) is 5.09. The van der Waals surface area contributed by atoms with E-state index >= 15 is 4.39 Å². The number of rotatable bonds is 6. The lowest BCUT2D eigenvalue weighted by Crippen LogP contribution is -2.20. The lowest BCUT2D eigenvalue weighted by Gasteiger charge is -2.22. The van der Waals surface area contributed by atoms with Crippen LogP contribution in [0.3, 0.4) is 0 Å². The SMILES string of the molecule is Cc1cc(-c2cn(C3CCOCC3)nc2-c2cccc(NS(=O)(=O)c3cc(F)ccc3F)c2F)ccn1. The largest absolute Gasteiger partial charge is 0.381 e. The molecule has 11 heteroatoms. The Morgan fingerprint density at radius 1 is 1.03 bits per heavy atom. The summed E-state index contributed by atoms with van der Waals surface area (Å²) in [6, 6.07) is 9.90. The van der Waals surface area contributed by atoms with Gasteiger partial charge in [0, 0.05) is 42.4 Å². The van der Waals surface area contributed by atoms with E-state index in [9.17, 15) is 17.2 Å². The molecule has 37 heavy (non-hydrogen) atoms. The molecule has 0 bridgehead atoms. The Morgan fingerprint density at radius 2 is 1.81 bits per heavy atom. The second-order valence-electron chi connectivity index (χ2n) is 8.75. The molecule has 1 saturated heterocycles. The van der Waals surface area contributed by atoms with Crippen LogP contribution in [0.2, 0.25) is 0 Å². The van der Waals surface area contributed by atoms with Crippen LogP contribution in [-0.4, -0.2) is 36.4 Å². The zero-order chi connectivity index (χ0) is 26.2. The molecule has 1 fully saturated rings. The molecule has 3 heterocycles. The predicted molar refractivity (Wildman–Crippen MR) is 132 cm³/mol. The highest BCUT2D eigenvalue weighted by Crippen LogP contribution is 2.37. The van der Waals surface area contributed by atoms with Crippen LogP contribution < -0.4 is 4.72 Å². The number of ether oxygens (including phenoxy) is 1. The zero-order valence-corrected chi connectivity index (χ0v) is 20.6. The van der Waals surface area contributed by atoms with Crippen LogP contribution in [0.5, 0.6) is 0 Å². The van der Waals surface area contributed by atoms with Crippen LogP contribution in [0.15, 0.2) is 65.8 Å². The van der Waals surface area contributed by atoms with Crippen molar-refractivity contribution in [1.29, 1.82) is 0 Å². The van der Waals surface area contributed by atoms with Crippen LogP contribution in [-0.2, 0) is 14.8 Å². The average molecular weight is 529 g/mol. The van der Waals surface area contributed by atoms with Gasteiger partial charge >= 0.3 is 0 Å². The van der Waals surface area contributed by atoms with E-state index < -0.39 is 38.1 Å². The predicted octanol–water partition coefficient (Wildman–Crippen LogP) is 5.49. The minimum absolute atomic E-state index is 0.0511. The lowest BCUT2D eigenvalue weighted by molar-refractivity contribution is 0.0663. The molecule has 0 amide bonds. The molecule has 0 radical (unpaired) electrons. The molecule has 1 aliphatic rings. The van der Waals surface area contributed by atoms with Gasteiger partial charge in [0.15, 0.2) is 5.82 Å². The van der Waals surface area contributed by atoms with E-state index in [1.165, 1.54) is 18.2 Å². The number of anilines is 1. The fraction of sp³-hybridized carbons (Fsp3) is 0.231. The quantitative estimate of drug-likeness (QED) is 0.358. The number of sulfonamides is 1. The van der Waals surface area contributed by atoms with Crippen LogP contribution in [0.25, 0.3) is 22.4 Å². The van der Waals surface area contributed by atoms with Crippen molar-refractivity contribution in [3.05, 3.63) is 84.1 Å². The molecule has 1 aliphatic heterocycles. The van der Waals surface area contributed by atoms with Crippen molar-refractivity contribution in [2.75, 3.05) is 17.9 Å². The highest BCUT2D eigenvalue weighted by molar-refractivity contribution is 7.92. The van der Waals surface area contributed by atoms with Gasteiger partial charge in [0.1, 0.15) is 22.2 Å². The summed E-state index contributed by atoms with van der Waals surface area (Å²) >= 11 is 0. The van der Waals surface area contributed by atoms with Crippen LogP contribution in [0.1, 0.15) is 24.6 Å². The Balaban J connectivity index is 1.59. The second kappa shape index (κ2) is 9.98. The molecular formula is C26H23F3N4O3S. The fourth-order valence-electron chi connectivity index (χ4n) is 4.33. The van der Waals surface area contributed by atoms with Crippen molar-refractivity contribution in [3.8, 4) is 22.4 Å². The number of hydrogen-bond acceptors (Lipinski definition) is 5. The Morgan fingerprint density at radius 3 is 2.57 bits per heavy atom. The molecule has 0 saturated carbocycles. The number of nitrogens with zero attached hydrogens (tertiary/aromatic N) is 3. The van der Waals surface area contributed by atoms with E-state index in [2.05, 4.69) is 4.98 Å². The van der Waals surface area contributed by atoms with Crippen LogP contribution in [0, 0.1) is 24.4 Å². The maximum Gasteiger partial charge on any atom is 0.265 e. The van der Waals surface area contributed by atoms with Gasteiger partial charge in [0.25, 0.3) is 10.0 Å². The molecule has 5 rings (SSSR count). The summed E-state index contributed by atoms with van der Waals surface area (Å²) in [4.78, 5) is 3.30. The summed E-state index contributed by atoms with van der Waals surface area (Å²) in [5.74, 6) is -2.99. The van der Waals surface area contributed by atoms with Gasteiger partial charge in [0.2, 0.25) is 0 Å². The highest BCUT2D eigenvalue weighted by Gasteiger charge is 2.26. The van der Waals surface area contributed by atoms with Gasteiger partial charge in [0.05, 0.1) is 11.7 Å². The van der Waals surface area contributed by atoms with Crippen molar-refractivity contribution >= 4 is 15.7 Å². The van der Waals surface area contributed by atoms with Gasteiger partial charge in [-0.15, -0.1) is 0 Å². The average Bonchev–Trinajstić information content (AvgIpc) is 3.32.